The number of allylic oxidation sites excluding steroid dienone is 21. The molecule has 8 atom stereocenters. The molecule has 10 aliphatic rings. The van der Waals surface area contributed by atoms with Gasteiger partial charge in [-0.3, -0.25) is 0 Å². The van der Waals surface area contributed by atoms with E-state index in [1.165, 1.54) is 45.5 Å². The van der Waals surface area contributed by atoms with Crippen LogP contribution in [0, 0.1) is 29.1 Å². The lowest BCUT2D eigenvalue weighted by Gasteiger charge is -2.45. The predicted octanol–water partition coefficient (Wildman–Crippen LogP) is 14.4. The summed E-state index contributed by atoms with van der Waals surface area (Å²) >= 11 is 0. The lowest BCUT2D eigenvalue weighted by atomic mass is 9.58. The maximum Gasteiger partial charge on any atom is 0.0620 e. The number of rotatable bonds is 6. The average molecular weight is 819 g/mol. The summed E-state index contributed by atoms with van der Waals surface area (Å²) in [5.41, 5.74) is 19.8. The fraction of sp³-hybridized carbons (Fsp3) is 0.311. The molecule has 2 aromatic carbocycles. The molecule has 13 rings (SSSR count). The molecule has 0 bridgehead atoms. The summed E-state index contributed by atoms with van der Waals surface area (Å²) in [6.45, 7) is 0. The number of nitrogens with zero attached hydrogens (tertiary/aromatic N) is 2. The summed E-state index contributed by atoms with van der Waals surface area (Å²) in [7, 11) is 0. The first-order valence-corrected chi connectivity index (χ1v) is 24.4. The molecule has 2 nitrogen and oxygen atoms in total. The Morgan fingerprint density at radius 3 is 2.41 bits per heavy atom. The van der Waals surface area contributed by atoms with Crippen molar-refractivity contribution < 1.29 is 0 Å². The van der Waals surface area contributed by atoms with E-state index in [0.717, 1.165) is 64.2 Å². The number of fused-ring (bicyclic) bond motifs is 8. The minimum atomic E-state index is -0.0866. The van der Waals surface area contributed by atoms with Gasteiger partial charge in [-0.1, -0.05) is 181 Å². The first kappa shape index (κ1) is 37.7. The maximum atomic E-state index is 2.88. The molecule has 63 heavy (non-hydrogen) atoms. The van der Waals surface area contributed by atoms with Crippen LogP contribution in [0.5, 0.6) is 0 Å². The van der Waals surface area contributed by atoms with Crippen molar-refractivity contribution in [2.24, 2.45) is 29.1 Å². The maximum absolute atomic E-state index is 2.88. The quantitative estimate of drug-likeness (QED) is 0.241. The third kappa shape index (κ3) is 5.75. The van der Waals surface area contributed by atoms with Gasteiger partial charge in [-0.25, -0.2) is 0 Å². The molecule has 0 N–H and O–H groups in total. The smallest absolute Gasteiger partial charge is 0.0620 e. The Bertz CT molecular complexity index is 2810. The van der Waals surface area contributed by atoms with E-state index in [-0.39, 0.29) is 5.41 Å². The van der Waals surface area contributed by atoms with Gasteiger partial charge in [0, 0.05) is 63.0 Å². The highest BCUT2D eigenvalue weighted by molar-refractivity contribution is 5.90. The topological polar surface area (TPSA) is 8.17 Å². The Kier molecular flexibility index (Phi) is 9.06. The Hall–Kier alpha value is -5.86. The molecular formula is C61H58N2. The molecule has 0 saturated carbocycles. The summed E-state index contributed by atoms with van der Waals surface area (Å²) in [5.74, 6) is 1.65. The summed E-state index contributed by atoms with van der Waals surface area (Å²) in [4.78, 5) is 2.88. The van der Waals surface area contributed by atoms with E-state index in [4.69, 9.17) is 0 Å². The molecule has 1 aromatic heterocycles. The van der Waals surface area contributed by atoms with Crippen molar-refractivity contribution in [1.82, 2.24) is 4.57 Å². The van der Waals surface area contributed by atoms with Gasteiger partial charge in [0.1, 0.15) is 0 Å². The zero-order valence-corrected chi connectivity index (χ0v) is 36.5. The minimum Gasteiger partial charge on any atom is -0.360 e. The normalized spacial score (nSPS) is 31.7. The van der Waals surface area contributed by atoms with Crippen LogP contribution in [0.15, 0.2) is 186 Å². The lowest BCUT2D eigenvalue weighted by Crippen LogP contribution is -2.47. The summed E-state index contributed by atoms with van der Waals surface area (Å²) in [6.07, 6.45) is 62.0. The number of aromatic nitrogens is 1. The van der Waals surface area contributed by atoms with Crippen LogP contribution >= 0.6 is 0 Å². The molecule has 3 unspecified atom stereocenters. The summed E-state index contributed by atoms with van der Waals surface area (Å²) < 4.78 is 2.84. The van der Waals surface area contributed by atoms with Crippen molar-refractivity contribution in [2.45, 2.75) is 88.8 Å². The first-order chi connectivity index (χ1) is 31.3. The van der Waals surface area contributed by atoms with Crippen LogP contribution in [-0.2, 0) is 12.8 Å². The first-order valence-electron chi connectivity index (χ1n) is 24.4. The monoisotopic (exact) mass is 818 g/mol. The van der Waals surface area contributed by atoms with Crippen LogP contribution in [-0.4, -0.2) is 16.7 Å². The minimum absolute atomic E-state index is 0.0866. The van der Waals surface area contributed by atoms with Gasteiger partial charge in [0.15, 0.2) is 0 Å². The van der Waals surface area contributed by atoms with Crippen molar-refractivity contribution in [1.29, 1.82) is 0 Å². The van der Waals surface area contributed by atoms with Gasteiger partial charge in [-0.15, -0.1) is 0 Å². The van der Waals surface area contributed by atoms with E-state index in [2.05, 4.69) is 186 Å². The summed E-state index contributed by atoms with van der Waals surface area (Å²) in [5, 5.41) is 0. The lowest BCUT2D eigenvalue weighted by molar-refractivity contribution is 0.353. The van der Waals surface area contributed by atoms with Crippen LogP contribution in [0.1, 0.15) is 97.5 Å². The SMILES string of the molecule is C1=CC[C@@H](n2c3c(c4c2C[C@@H]([C@H]2C=CC=C5c6ccccc6N([C@@H]6CC=C(c7ccccc7)CC6)C52)C=C4)C=C(C2(C4=CCCC=C4)C4=C(C=CCC4)[C@H]4C=CC=CC42)CC3)C=C1. The van der Waals surface area contributed by atoms with Gasteiger partial charge in [0.05, 0.1) is 12.1 Å². The Morgan fingerprint density at radius 2 is 1.54 bits per heavy atom. The van der Waals surface area contributed by atoms with E-state index in [9.17, 15) is 0 Å². The molecule has 0 saturated heterocycles. The third-order valence-electron chi connectivity index (χ3n) is 16.8. The Balaban J connectivity index is 0.904. The van der Waals surface area contributed by atoms with Crippen molar-refractivity contribution in [3.8, 4) is 0 Å². The van der Waals surface area contributed by atoms with Gasteiger partial charge >= 0.3 is 0 Å². The molecule has 0 amide bonds. The van der Waals surface area contributed by atoms with E-state index in [0.29, 0.717) is 41.8 Å². The largest absolute Gasteiger partial charge is 0.360 e. The summed E-state index contributed by atoms with van der Waals surface area (Å²) in [6, 6.07) is 21.5. The average Bonchev–Trinajstić information content (AvgIpc) is 3.99. The van der Waals surface area contributed by atoms with Crippen LogP contribution in [0.2, 0.25) is 0 Å². The van der Waals surface area contributed by atoms with Gasteiger partial charge in [0.25, 0.3) is 0 Å². The third-order valence-corrected chi connectivity index (χ3v) is 16.8. The molecular weight excluding hydrogens is 761 g/mol. The second-order valence-electron chi connectivity index (χ2n) is 19.7. The van der Waals surface area contributed by atoms with E-state index < -0.39 is 0 Å². The number of hydrogen-bond donors (Lipinski definition) is 0. The Morgan fingerprint density at radius 1 is 0.651 bits per heavy atom. The molecule has 2 heterocycles. The second-order valence-corrected chi connectivity index (χ2v) is 19.7. The fourth-order valence-electron chi connectivity index (χ4n) is 14.3. The van der Waals surface area contributed by atoms with Crippen molar-refractivity contribution in [2.75, 3.05) is 4.90 Å². The standard InChI is InChI=1S/C61H58N2/c1-4-17-41(18-5-1)42-31-35-47(36-32-42)63-57-30-15-12-25-51(57)53-27-16-26-48(60(53)63)43-33-37-52-54-40-45(34-38-58(54)62(59(52)39-43)46-21-8-3-9-22-46)61(44-19-6-2-7-20-44)55-28-13-10-23-49(55)50-24-11-14-29-56(50)61/h1,3-6,8-13,15-21,23-28,30-31,33,37,40,43,46-49,55,60H,2,7,14,22,29,32,34-36,38-39H2/t43-,46-,47+,48+,49+,55?,60?,61?/m0/s1. The highest BCUT2D eigenvalue weighted by Crippen LogP contribution is 2.65. The molecule has 2 heteroatoms. The van der Waals surface area contributed by atoms with E-state index in [1.807, 2.05) is 0 Å². The highest BCUT2D eigenvalue weighted by Gasteiger charge is 2.56. The van der Waals surface area contributed by atoms with Crippen molar-refractivity contribution >= 4 is 29.0 Å². The molecule has 3 aromatic rings. The number of para-hydroxylation sites is 1. The highest BCUT2D eigenvalue weighted by atomic mass is 15.2. The number of benzene rings is 2. The van der Waals surface area contributed by atoms with Crippen LogP contribution in [0.4, 0.5) is 5.69 Å². The zero-order valence-electron chi connectivity index (χ0n) is 36.5. The van der Waals surface area contributed by atoms with Gasteiger partial charge < -0.3 is 9.47 Å². The Labute approximate surface area is 374 Å². The van der Waals surface area contributed by atoms with Crippen molar-refractivity contribution in [3.05, 3.63) is 220 Å². The van der Waals surface area contributed by atoms with Gasteiger partial charge in [0.2, 0.25) is 0 Å². The fourth-order valence-corrected chi connectivity index (χ4v) is 14.3. The van der Waals surface area contributed by atoms with Crippen LogP contribution in [0.3, 0.4) is 0 Å². The van der Waals surface area contributed by atoms with E-state index in [1.54, 1.807) is 33.7 Å². The molecule has 1 aliphatic heterocycles. The van der Waals surface area contributed by atoms with Crippen LogP contribution < -0.4 is 4.90 Å². The van der Waals surface area contributed by atoms with E-state index >= 15 is 0 Å². The molecule has 0 radical (unpaired) electrons. The molecule has 0 spiro atoms. The number of anilines is 1. The van der Waals surface area contributed by atoms with Gasteiger partial charge in [-0.05, 0) is 110 Å². The molecule has 0 fully saturated rings. The van der Waals surface area contributed by atoms with Crippen LogP contribution in [0.25, 0.3) is 23.3 Å². The number of hydrogen-bond acceptors (Lipinski definition) is 1. The zero-order chi connectivity index (χ0) is 41.5. The predicted molar refractivity (Wildman–Crippen MR) is 264 cm³/mol. The van der Waals surface area contributed by atoms with Gasteiger partial charge in [-0.2, -0.15) is 0 Å². The van der Waals surface area contributed by atoms with Crippen molar-refractivity contribution in [3.63, 3.8) is 0 Å². The second kappa shape index (κ2) is 15.2. The molecule has 9 aliphatic carbocycles. The molecule has 312 valence electrons.